The van der Waals surface area contributed by atoms with E-state index < -0.39 is 0 Å². The molecule has 2 aromatic rings. The molecule has 0 saturated carbocycles. The second kappa shape index (κ2) is 11.1. The summed E-state index contributed by atoms with van der Waals surface area (Å²) in [5.41, 5.74) is 2.32. The van der Waals surface area contributed by atoms with E-state index in [1.165, 1.54) is 17.7 Å². The summed E-state index contributed by atoms with van der Waals surface area (Å²) in [6, 6.07) is 17.2. The zero-order chi connectivity index (χ0) is 20.5. The molecule has 0 aromatic heterocycles. The number of halogens is 1. The molecule has 0 radical (unpaired) electrons. The van der Waals surface area contributed by atoms with Crippen molar-refractivity contribution in [3.05, 3.63) is 71.5 Å². The van der Waals surface area contributed by atoms with Gasteiger partial charge in [-0.15, -0.1) is 0 Å². The Morgan fingerprint density at radius 2 is 1.72 bits per heavy atom. The second-order valence-corrected chi connectivity index (χ2v) is 7.68. The lowest BCUT2D eigenvalue weighted by molar-refractivity contribution is -0.121. The van der Waals surface area contributed by atoms with Crippen LogP contribution >= 0.6 is 0 Å². The number of rotatable bonds is 9. The molecule has 0 aliphatic carbocycles. The molecule has 5 heteroatoms. The fourth-order valence-corrected chi connectivity index (χ4v) is 3.93. The maximum absolute atomic E-state index is 13.0. The molecule has 1 atom stereocenters. The van der Waals surface area contributed by atoms with Crippen molar-refractivity contribution in [1.82, 2.24) is 15.1 Å². The molecule has 1 unspecified atom stereocenters. The highest BCUT2D eigenvalue weighted by Gasteiger charge is 2.24. The standard InChI is InChI=1S/C24H32FN3O/c1-2-27-15-17-28(18-16-27)23(21-8-4-3-5-9-21)19-26-24(29)10-6-7-20-11-13-22(25)14-12-20/h3-5,8-9,11-14,23H,2,6-7,10,15-19H2,1H3,(H,26,29). The lowest BCUT2D eigenvalue weighted by atomic mass is 10.0. The van der Waals surface area contributed by atoms with Crippen LogP contribution in [0.1, 0.15) is 36.9 Å². The van der Waals surface area contributed by atoms with Crippen LogP contribution in [0.4, 0.5) is 4.39 Å². The van der Waals surface area contributed by atoms with Gasteiger partial charge in [0, 0.05) is 39.1 Å². The molecule has 1 fully saturated rings. The number of carbonyl (C=O) groups is 1. The monoisotopic (exact) mass is 397 g/mol. The number of likely N-dealkylation sites (N-methyl/N-ethyl adjacent to an activating group) is 1. The van der Waals surface area contributed by atoms with Gasteiger partial charge in [0.25, 0.3) is 0 Å². The molecule has 156 valence electrons. The molecule has 1 heterocycles. The minimum Gasteiger partial charge on any atom is -0.354 e. The van der Waals surface area contributed by atoms with E-state index in [0.29, 0.717) is 13.0 Å². The van der Waals surface area contributed by atoms with Gasteiger partial charge in [-0.2, -0.15) is 0 Å². The highest BCUT2D eigenvalue weighted by Crippen LogP contribution is 2.21. The van der Waals surface area contributed by atoms with Crippen LogP contribution in [0, 0.1) is 5.82 Å². The van der Waals surface area contributed by atoms with Gasteiger partial charge in [0.1, 0.15) is 5.82 Å². The number of nitrogens with zero attached hydrogens (tertiary/aromatic N) is 2. The normalized spacial score (nSPS) is 16.5. The van der Waals surface area contributed by atoms with Crippen LogP contribution in [0.15, 0.2) is 54.6 Å². The van der Waals surface area contributed by atoms with Crippen molar-refractivity contribution in [1.29, 1.82) is 0 Å². The molecule has 1 aliphatic heterocycles. The Kier molecular flexibility index (Phi) is 8.20. The van der Waals surface area contributed by atoms with Crippen molar-refractivity contribution in [2.24, 2.45) is 0 Å². The average molecular weight is 398 g/mol. The van der Waals surface area contributed by atoms with Crippen LogP contribution < -0.4 is 5.32 Å². The van der Waals surface area contributed by atoms with Gasteiger partial charge >= 0.3 is 0 Å². The fourth-order valence-electron chi connectivity index (χ4n) is 3.93. The summed E-state index contributed by atoms with van der Waals surface area (Å²) in [4.78, 5) is 17.4. The Bertz CT molecular complexity index is 742. The zero-order valence-corrected chi connectivity index (χ0v) is 17.3. The molecule has 1 aliphatic rings. The maximum Gasteiger partial charge on any atom is 0.220 e. The van der Waals surface area contributed by atoms with Gasteiger partial charge in [-0.05, 0) is 42.6 Å². The van der Waals surface area contributed by atoms with E-state index in [9.17, 15) is 9.18 Å². The minimum absolute atomic E-state index is 0.0836. The summed E-state index contributed by atoms with van der Waals surface area (Å²) in [6.45, 7) is 8.12. The quantitative estimate of drug-likeness (QED) is 0.702. The van der Waals surface area contributed by atoms with Crippen LogP contribution in [-0.2, 0) is 11.2 Å². The van der Waals surface area contributed by atoms with Crippen LogP contribution in [0.25, 0.3) is 0 Å². The SMILES string of the molecule is CCN1CCN(C(CNC(=O)CCCc2ccc(F)cc2)c2ccccc2)CC1. The molecule has 29 heavy (non-hydrogen) atoms. The Morgan fingerprint density at radius 1 is 1.03 bits per heavy atom. The molecule has 0 bridgehead atoms. The van der Waals surface area contributed by atoms with Crippen LogP contribution in [0.5, 0.6) is 0 Å². The summed E-state index contributed by atoms with van der Waals surface area (Å²) in [6.07, 6.45) is 2.04. The highest BCUT2D eigenvalue weighted by molar-refractivity contribution is 5.75. The third-order valence-electron chi connectivity index (χ3n) is 5.75. The van der Waals surface area contributed by atoms with Crippen LogP contribution in [0.2, 0.25) is 0 Å². The number of benzene rings is 2. The van der Waals surface area contributed by atoms with Gasteiger partial charge in [0.2, 0.25) is 5.91 Å². The number of amides is 1. The topological polar surface area (TPSA) is 35.6 Å². The van der Waals surface area contributed by atoms with Crippen molar-refractivity contribution in [3.63, 3.8) is 0 Å². The number of hydrogen-bond donors (Lipinski definition) is 1. The van der Waals surface area contributed by atoms with Gasteiger partial charge < -0.3 is 10.2 Å². The first-order valence-electron chi connectivity index (χ1n) is 10.7. The van der Waals surface area contributed by atoms with E-state index in [-0.39, 0.29) is 17.8 Å². The fraction of sp³-hybridized carbons (Fsp3) is 0.458. The van der Waals surface area contributed by atoms with Crippen molar-refractivity contribution >= 4 is 5.91 Å². The first-order valence-corrected chi connectivity index (χ1v) is 10.7. The van der Waals surface area contributed by atoms with Crippen molar-refractivity contribution in [3.8, 4) is 0 Å². The molecule has 2 aromatic carbocycles. The van der Waals surface area contributed by atoms with E-state index in [1.54, 1.807) is 12.1 Å². The van der Waals surface area contributed by atoms with Gasteiger partial charge in [-0.25, -0.2) is 4.39 Å². The predicted molar refractivity (Wildman–Crippen MR) is 115 cm³/mol. The molecule has 1 N–H and O–H groups in total. The maximum atomic E-state index is 13.0. The van der Waals surface area contributed by atoms with Gasteiger partial charge in [0.15, 0.2) is 0 Å². The third kappa shape index (κ3) is 6.65. The Morgan fingerprint density at radius 3 is 2.38 bits per heavy atom. The van der Waals surface area contributed by atoms with Crippen LogP contribution in [0.3, 0.4) is 0 Å². The molecule has 3 rings (SSSR count). The lowest BCUT2D eigenvalue weighted by Gasteiger charge is -2.39. The Hall–Kier alpha value is -2.24. The van der Waals surface area contributed by atoms with Crippen molar-refractivity contribution in [2.75, 3.05) is 39.3 Å². The summed E-state index contributed by atoms with van der Waals surface area (Å²) < 4.78 is 13.0. The summed E-state index contributed by atoms with van der Waals surface area (Å²) in [5, 5.41) is 3.14. The van der Waals surface area contributed by atoms with E-state index >= 15 is 0 Å². The van der Waals surface area contributed by atoms with Crippen molar-refractivity contribution < 1.29 is 9.18 Å². The Labute approximate surface area is 173 Å². The number of hydrogen-bond acceptors (Lipinski definition) is 3. The lowest BCUT2D eigenvalue weighted by Crippen LogP contribution is -2.49. The minimum atomic E-state index is -0.224. The van der Waals surface area contributed by atoms with E-state index in [1.807, 2.05) is 6.07 Å². The number of piperazine rings is 1. The zero-order valence-electron chi connectivity index (χ0n) is 17.3. The number of carbonyl (C=O) groups excluding carboxylic acids is 1. The molecule has 4 nitrogen and oxygen atoms in total. The molecule has 1 saturated heterocycles. The third-order valence-corrected chi connectivity index (χ3v) is 5.75. The summed E-state index contributed by atoms with van der Waals surface area (Å²) >= 11 is 0. The predicted octanol–water partition coefficient (Wildman–Crippen LogP) is 3.64. The van der Waals surface area contributed by atoms with Crippen LogP contribution in [-0.4, -0.2) is 55.0 Å². The number of aryl methyl sites for hydroxylation is 1. The summed E-state index contributed by atoms with van der Waals surface area (Å²) in [5.74, 6) is -0.140. The molecule has 1 amide bonds. The average Bonchev–Trinajstić information content (AvgIpc) is 2.76. The highest BCUT2D eigenvalue weighted by atomic mass is 19.1. The van der Waals surface area contributed by atoms with Gasteiger partial charge in [-0.1, -0.05) is 49.4 Å². The number of nitrogens with one attached hydrogen (secondary N) is 1. The van der Waals surface area contributed by atoms with Gasteiger partial charge in [0.05, 0.1) is 6.04 Å². The molecule has 0 spiro atoms. The smallest absolute Gasteiger partial charge is 0.220 e. The largest absolute Gasteiger partial charge is 0.354 e. The first kappa shape index (κ1) is 21.5. The summed E-state index contributed by atoms with van der Waals surface area (Å²) in [7, 11) is 0. The second-order valence-electron chi connectivity index (χ2n) is 7.68. The van der Waals surface area contributed by atoms with Crippen molar-refractivity contribution in [2.45, 2.75) is 32.2 Å². The van der Waals surface area contributed by atoms with E-state index in [0.717, 1.165) is 51.1 Å². The molecular formula is C24H32FN3O. The van der Waals surface area contributed by atoms with E-state index in [2.05, 4.69) is 46.3 Å². The Balaban J connectivity index is 1.50. The molecular weight excluding hydrogens is 365 g/mol. The van der Waals surface area contributed by atoms with E-state index in [4.69, 9.17) is 0 Å². The first-order chi connectivity index (χ1) is 14.2. The van der Waals surface area contributed by atoms with Gasteiger partial charge in [-0.3, -0.25) is 9.69 Å².